The Labute approximate surface area is 188 Å². The Morgan fingerprint density at radius 3 is 1.38 bits per heavy atom. The fourth-order valence-corrected chi connectivity index (χ4v) is 3.23. The van der Waals surface area contributed by atoms with Crippen LogP contribution >= 0.6 is 0 Å². The van der Waals surface area contributed by atoms with E-state index < -0.39 is 0 Å². The van der Waals surface area contributed by atoms with Gasteiger partial charge in [-0.3, -0.25) is 0 Å². The van der Waals surface area contributed by atoms with Gasteiger partial charge in [-0.05, 0) is 73.2 Å². The Morgan fingerprint density at radius 1 is 0.500 bits per heavy atom. The van der Waals surface area contributed by atoms with Crippen molar-refractivity contribution >= 4 is 28.4 Å². The number of benzene rings is 4. The highest BCUT2D eigenvalue weighted by atomic mass is 15.1. The Balaban J connectivity index is 1.37. The van der Waals surface area contributed by atoms with Gasteiger partial charge >= 0.3 is 0 Å². The van der Waals surface area contributed by atoms with Gasteiger partial charge in [0, 0.05) is 18.8 Å². The number of nitrogens with zero attached hydrogens (tertiary/aromatic N) is 5. The van der Waals surface area contributed by atoms with Gasteiger partial charge in [-0.25, -0.2) is 0 Å². The van der Waals surface area contributed by atoms with Crippen LogP contribution < -0.4 is 4.90 Å². The maximum atomic E-state index is 4.36. The second-order valence-corrected chi connectivity index (χ2v) is 7.27. The molecule has 0 aliphatic carbocycles. The molecule has 0 saturated carbocycles. The SMILES string of the molecule is CCN(Cc1ccccc1)c1ccc(N=Nc2ccc(N=Nc3ccccc3)cc2)cc1. The standard InChI is InChI=1S/C27H25N5/c1-2-32(21-22-9-5-3-6-10-22)27-19-17-26(18-20-27)31-30-25-15-13-24(14-16-25)29-28-23-11-7-4-8-12-23/h3-20H,2,21H2,1H3. The number of azo groups is 2. The first-order valence-corrected chi connectivity index (χ1v) is 10.7. The fraction of sp³-hybridized carbons (Fsp3) is 0.111. The van der Waals surface area contributed by atoms with Crippen LogP contribution in [0.5, 0.6) is 0 Å². The molecule has 0 saturated heterocycles. The van der Waals surface area contributed by atoms with E-state index in [4.69, 9.17) is 0 Å². The second kappa shape index (κ2) is 10.8. The van der Waals surface area contributed by atoms with E-state index in [-0.39, 0.29) is 0 Å². The smallest absolute Gasteiger partial charge is 0.0858 e. The highest BCUT2D eigenvalue weighted by Crippen LogP contribution is 2.25. The molecule has 4 aromatic rings. The van der Waals surface area contributed by atoms with Crippen LogP contribution in [0.25, 0.3) is 0 Å². The summed E-state index contributed by atoms with van der Waals surface area (Å²) >= 11 is 0. The molecule has 32 heavy (non-hydrogen) atoms. The summed E-state index contributed by atoms with van der Waals surface area (Å²) in [5.41, 5.74) is 5.65. The van der Waals surface area contributed by atoms with Gasteiger partial charge in [-0.15, -0.1) is 0 Å². The predicted octanol–water partition coefficient (Wildman–Crippen LogP) is 8.54. The molecule has 4 rings (SSSR count). The van der Waals surface area contributed by atoms with Crippen molar-refractivity contribution in [3.8, 4) is 0 Å². The summed E-state index contributed by atoms with van der Waals surface area (Å²) in [6, 6.07) is 35.9. The number of anilines is 1. The molecule has 0 fully saturated rings. The summed E-state index contributed by atoms with van der Waals surface area (Å²) in [5.74, 6) is 0. The lowest BCUT2D eigenvalue weighted by Crippen LogP contribution is -2.21. The number of hydrogen-bond donors (Lipinski definition) is 0. The third-order valence-corrected chi connectivity index (χ3v) is 4.98. The molecular weight excluding hydrogens is 394 g/mol. The lowest BCUT2D eigenvalue weighted by atomic mass is 10.2. The summed E-state index contributed by atoms with van der Waals surface area (Å²) in [6.45, 7) is 3.98. The third-order valence-electron chi connectivity index (χ3n) is 4.98. The topological polar surface area (TPSA) is 52.7 Å². The quantitative estimate of drug-likeness (QED) is 0.264. The molecule has 0 unspecified atom stereocenters. The molecule has 0 spiro atoms. The first-order chi connectivity index (χ1) is 15.8. The lowest BCUT2D eigenvalue weighted by molar-refractivity contribution is 0.832. The Kier molecular flexibility index (Phi) is 7.11. The predicted molar refractivity (Wildman–Crippen MR) is 131 cm³/mol. The molecule has 0 bridgehead atoms. The highest BCUT2D eigenvalue weighted by Gasteiger charge is 2.05. The van der Waals surface area contributed by atoms with Gasteiger partial charge in [0.2, 0.25) is 0 Å². The van der Waals surface area contributed by atoms with Gasteiger partial charge in [-0.1, -0.05) is 48.5 Å². The fourth-order valence-electron chi connectivity index (χ4n) is 3.23. The van der Waals surface area contributed by atoms with Gasteiger partial charge in [0.05, 0.1) is 22.7 Å². The molecule has 0 heterocycles. The third kappa shape index (κ3) is 5.95. The molecule has 0 aromatic heterocycles. The van der Waals surface area contributed by atoms with Crippen molar-refractivity contribution in [3.05, 3.63) is 115 Å². The van der Waals surface area contributed by atoms with Crippen molar-refractivity contribution in [2.45, 2.75) is 13.5 Å². The molecule has 0 amide bonds. The molecule has 0 aliphatic heterocycles. The van der Waals surface area contributed by atoms with E-state index in [9.17, 15) is 0 Å². The monoisotopic (exact) mass is 419 g/mol. The molecule has 158 valence electrons. The summed E-state index contributed by atoms with van der Waals surface area (Å²) < 4.78 is 0. The minimum absolute atomic E-state index is 0.770. The van der Waals surface area contributed by atoms with Gasteiger partial charge in [-0.2, -0.15) is 20.5 Å². The largest absolute Gasteiger partial charge is 0.367 e. The highest BCUT2D eigenvalue weighted by molar-refractivity contribution is 5.53. The minimum atomic E-state index is 0.770. The van der Waals surface area contributed by atoms with Crippen LogP contribution in [-0.4, -0.2) is 6.54 Å². The molecule has 0 radical (unpaired) electrons. The summed E-state index contributed by atoms with van der Waals surface area (Å²) in [5, 5.41) is 17.2. The van der Waals surface area contributed by atoms with E-state index in [1.165, 1.54) is 11.3 Å². The van der Waals surface area contributed by atoms with E-state index in [1.54, 1.807) is 0 Å². The molecule has 0 aliphatic rings. The van der Waals surface area contributed by atoms with Crippen molar-refractivity contribution in [1.29, 1.82) is 0 Å². The molecular formula is C27H25N5. The van der Waals surface area contributed by atoms with Crippen molar-refractivity contribution in [2.24, 2.45) is 20.5 Å². The number of hydrogen-bond acceptors (Lipinski definition) is 5. The van der Waals surface area contributed by atoms with E-state index in [2.05, 4.69) is 68.7 Å². The molecule has 4 aromatic carbocycles. The maximum Gasteiger partial charge on any atom is 0.0858 e. The molecule has 0 N–H and O–H groups in total. The van der Waals surface area contributed by atoms with Gasteiger partial charge in [0.15, 0.2) is 0 Å². The van der Waals surface area contributed by atoms with E-state index >= 15 is 0 Å². The Morgan fingerprint density at radius 2 is 0.906 bits per heavy atom. The molecule has 0 atom stereocenters. The molecule has 5 nitrogen and oxygen atoms in total. The van der Waals surface area contributed by atoms with Gasteiger partial charge in [0.25, 0.3) is 0 Å². The van der Waals surface area contributed by atoms with Crippen LogP contribution in [0.4, 0.5) is 28.4 Å². The summed E-state index contributed by atoms with van der Waals surface area (Å²) in [4.78, 5) is 2.33. The second-order valence-electron chi connectivity index (χ2n) is 7.27. The zero-order valence-corrected chi connectivity index (χ0v) is 18.0. The average Bonchev–Trinajstić information content (AvgIpc) is 2.87. The maximum absolute atomic E-state index is 4.36. The first kappa shape index (κ1) is 21.1. The lowest BCUT2D eigenvalue weighted by Gasteiger charge is -2.23. The first-order valence-electron chi connectivity index (χ1n) is 10.7. The average molecular weight is 420 g/mol. The van der Waals surface area contributed by atoms with Crippen LogP contribution in [0, 0.1) is 0 Å². The zero-order valence-electron chi connectivity index (χ0n) is 18.0. The van der Waals surface area contributed by atoms with Gasteiger partial charge < -0.3 is 4.90 Å². The van der Waals surface area contributed by atoms with Crippen LogP contribution in [0.3, 0.4) is 0 Å². The van der Waals surface area contributed by atoms with Crippen molar-refractivity contribution < 1.29 is 0 Å². The summed E-state index contributed by atoms with van der Waals surface area (Å²) in [7, 11) is 0. The van der Waals surface area contributed by atoms with Crippen LogP contribution in [-0.2, 0) is 6.54 Å². The molecule has 5 heteroatoms. The van der Waals surface area contributed by atoms with E-state index in [0.29, 0.717) is 0 Å². The van der Waals surface area contributed by atoms with Crippen molar-refractivity contribution in [3.63, 3.8) is 0 Å². The van der Waals surface area contributed by atoms with Crippen LogP contribution in [0.15, 0.2) is 130 Å². The zero-order chi connectivity index (χ0) is 22.0. The number of rotatable bonds is 8. The van der Waals surface area contributed by atoms with E-state index in [0.717, 1.165) is 35.8 Å². The van der Waals surface area contributed by atoms with Crippen LogP contribution in [0.2, 0.25) is 0 Å². The van der Waals surface area contributed by atoms with E-state index in [1.807, 2.05) is 72.8 Å². The Bertz CT molecular complexity index is 1150. The minimum Gasteiger partial charge on any atom is -0.367 e. The van der Waals surface area contributed by atoms with Crippen molar-refractivity contribution in [2.75, 3.05) is 11.4 Å². The van der Waals surface area contributed by atoms with Crippen LogP contribution in [0.1, 0.15) is 12.5 Å². The normalized spacial score (nSPS) is 11.3. The van der Waals surface area contributed by atoms with Crippen molar-refractivity contribution in [1.82, 2.24) is 0 Å². The van der Waals surface area contributed by atoms with Gasteiger partial charge in [0.1, 0.15) is 0 Å². The Hall–Kier alpha value is -4.12. The summed E-state index contributed by atoms with van der Waals surface area (Å²) in [6.07, 6.45) is 0.